The second-order valence-corrected chi connectivity index (χ2v) is 8.53. The van der Waals surface area contributed by atoms with Gasteiger partial charge in [0, 0.05) is 31.0 Å². The second kappa shape index (κ2) is 5.11. The van der Waals surface area contributed by atoms with Crippen LogP contribution < -0.4 is 9.47 Å². The van der Waals surface area contributed by atoms with Crippen LogP contribution in [0.5, 0.6) is 11.5 Å². The summed E-state index contributed by atoms with van der Waals surface area (Å²) in [5.74, 6) is 1.92. The van der Waals surface area contributed by atoms with Crippen LogP contribution in [0.1, 0.15) is 29.9 Å². The van der Waals surface area contributed by atoms with Gasteiger partial charge in [0.2, 0.25) is 0 Å². The van der Waals surface area contributed by atoms with E-state index < -0.39 is 0 Å². The van der Waals surface area contributed by atoms with Gasteiger partial charge in [-0.3, -0.25) is 4.79 Å². The highest BCUT2D eigenvalue weighted by atomic mass is 32.1. The molecule has 1 saturated heterocycles. The lowest BCUT2D eigenvalue weighted by Crippen LogP contribution is -2.55. The van der Waals surface area contributed by atoms with Crippen molar-refractivity contribution < 1.29 is 19.0 Å². The molecule has 2 aliphatic heterocycles. The molecule has 23 heavy (non-hydrogen) atoms. The Morgan fingerprint density at radius 2 is 2.22 bits per heavy atom. The van der Waals surface area contributed by atoms with Gasteiger partial charge in [0.1, 0.15) is 18.1 Å². The highest BCUT2D eigenvalue weighted by Gasteiger charge is 2.63. The first-order valence-electron chi connectivity index (χ1n) is 8.12. The molecule has 6 heteroatoms. The van der Waals surface area contributed by atoms with Gasteiger partial charge in [-0.05, 0) is 17.8 Å². The maximum Gasteiger partial charge on any atom is 0.267 e. The van der Waals surface area contributed by atoms with E-state index in [1.807, 2.05) is 10.3 Å². The van der Waals surface area contributed by atoms with Crippen LogP contribution in [0, 0.1) is 16.7 Å². The topological polar surface area (TPSA) is 48.0 Å². The number of hydrogen-bond donors (Lipinski definition) is 0. The molecule has 126 valence electrons. The first-order chi connectivity index (χ1) is 11.0. The molecule has 5 nitrogen and oxygen atoms in total. The molecular formula is C17H23NO4S. The summed E-state index contributed by atoms with van der Waals surface area (Å²) in [5, 5.41) is 1.88. The average molecular weight is 337 g/mol. The smallest absolute Gasteiger partial charge is 0.267 e. The summed E-state index contributed by atoms with van der Waals surface area (Å²) < 4.78 is 16.7. The maximum absolute atomic E-state index is 13.0. The predicted octanol–water partition coefficient (Wildman–Crippen LogP) is 2.65. The third kappa shape index (κ3) is 2.18. The summed E-state index contributed by atoms with van der Waals surface area (Å²) in [5.41, 5.74) is 0.407. The number of carbonyl (C=O) groups excluding carboxylic acids is 1. The fourth-order valence-electron chi connectivity index (χ4n) is 4.92. The molecule has 1 aromatic rings. The number of ether oxygens (including phenoxy) is 3. The summed E-state index contributed by atoms with van der Waals surface area (Å²) >= 11 is 1.42. The van der Waals surface area contributed by atoms with Crippen LogP contribution in [0.25, 0.3) is 0 Å². The highest BCUT2D eigenvalue weighted by Crippen LogP contribution is 2.63. The van der Waals surface area contributed by atoms with E-state index in [9.17, 15) is 4.79 Å². The Labute approximate surface area is 140 Å². The van der Waals surface area contributed by atoms with Crippen molar-refractivity contribution in [1.29, 1.82) is 0 Å². The van der Waals surface area contributed by atoms with Crippen LogP contribution in [-0.4, -0.2) is 50.8 Å². The van der Waals surface area contributed by atoms with Crippen molar-refractivity contribution in [3.63, 3.8) is 0 Å². The molecule has 1 amide bonds. The Bertz CT molecular complexity index is 641. The van der Waals surface area contributed by atoms with Crippen molar-refractivity contribution in [2.75, 3.05) is 40.0 Å². The number of nitrogens with zero attached hydrogens (tertiary/aromatic N) is 1. The zero-order chi connectivity index (χ0) is 16.2. The molecule has 3 aliphatic rings. The van der Waals surface area contributed by atoms with Gasteiger partial charge in [0.25, 0.3) is 5.91 Å². The van der Waals surface area contributed by atoms with Crippen LogP contribution in [0.15, 0.2) is 5.38 Å². The number of methoxy groups -OCH3 is 1. The minimum atomic E-state index is 0.0717. The SMILES string of the molecule is COC[C@@]12CN(C(=O)c3scc4c3OCCO4)C[C@@H]1C(C)(C)C2. The van der Waals surface area contributed by atoms with Gasteiger partial charge in [-0.2, -0.15) is 0 Å². The van der Waals surface area contributed by atoms with Crippen molar-refractivity contribution in [2.45, 2.75) is 20.3 Å². The van der Waals surface area contributed by atoms with Gasteiger partial charge >= 0.3 is 0 Å². The van der Waals surface area contributed by atoms with Gasteiger partial charge in [0.05, 0.1) is 6.61 Å². The number of fused-ring (bicyclic) bond motifs is 2. The normalized spacial score (nSPS) is 30.7. The molecule has 0 aromatic carbocycles. The molecule has 2 fully saturated rings. The van der Waals surface area contributed by atoms with E-state index >= 15 is 0 Å². The molecule has 0 N–H and O–H groups in total. The number of thiophene rings is 1. The summed E-state index contributed by atoms with van der Waals surface area (Å²) in [6, 6.07) is 0. The monoisotopic (exact) mass is 337 g/mol. The van der Waals surface area contributed by atoms with E-state index in [1.165, 1.54) is 11.3 Å². The Balaban J connectivity index is 1.57. The van der Waals surface area contributed by atoms with E-state index in [0.29, 0.717) is 35.5 Å². The van der Waals surface area contributed by atoms with Crippen LogP contribution in [0.2, 0.25) is 0 Å². The molecule has 1 aromatic heterocycles. The number of likely N-dealkylation sites (tertiary alicyclic amines) is 1. The summed E-state index contributed by atoms with van der Waals surface area (Å²) in [7, 11) is 1.75. The van der Waals surface area contributed by atoms with Crippen LogP contribution in [0.3, 0.4) is 0 Å². The van der Waals surface area contributed by atoms with Crippen LogP contribution in [-0.2, 0) is 4.74 Å². The molecule has 0 radical (unpaired) electrons. The lowest BCUT2D eigenvalue weighted by atomic mass is 9.48. The van der Waals surface area contributed by atoms with Crippen LogP contribution in [0.4, 0.5) is 0 Å². The lowest BCUT2D eigenvalue weighted by Gasteiger charge is -2.56. The first-order valence-corrected chi connectivity index (χ1v) is 9.00. The van der Waals surface area contributed by atoms with Gasteiger partial charge < -0.3 is 19.1 Å². The summed E-state index contributed by atoms with van der Waals surface area (Å²) in [4.78, 5) is 15.7. The van der Waals surface area contributed by atoms with Crippen molar-refractivity contribution in [2.24, 2.45) is 16.7 Å². The van der Waals surface area contributed by atoms with Crippen molar-refractivity contribution in [1.82, 2.24) is 4.90 Å². The van der Waals surface area contributed by atoms with Crippen molar-refractivity contribution >= 4 is 17.2 Å². The van der Waals surface area contributed by atoms with Crippen molar-refractivity contribution in [3.05, 3.63) is 10.3 Å². The second-order valence-electron chi connectivity index (χ2n) is 7.65. The largest absolute Gasteiger partial charge is 0.485 e. The Morgan fingerprint density at radius 3 is 2.96 bits per heavy atom. The average Bonchev–Trinajstić information content (AvgIpc) is 3.07. The Kier molecular flexibility index (Phi) is 3.39. The number of hydrogen-bond acceptors (Lipinski definition) is 5. The molecule has 3 heterocycles. The van der Waals surface area contributed by atoms with Crippen molar-refractivity contribution in [3.8, 4) is 11.5 Å². The van der Waals surface area contributed by atoms with Gasteiger partial charge in [-0.15, -0.1) is 11.3 Å². The number of amides is 1. The molecule has 0 unspecified atom stereocenters. The van der Waals surface area contributed by atoms with E-state index in [-0.39, 0.29) is 16.7 Å². The van der Waals surface area contributed by atoms with Gasteiger partial charge in [0.15, 0.2) is 11.5 Å². The first kappa shape index (κ1) is 15.3. The molecular weight excluding hydrogens is 314 g/mol. The standard InChI is InChI=1S/C17H23NO4S/c1-16(2)8-17(10-20-3)9-18(6-12(16)17)15(19)14-13-11(7-23-14)21-4-5-22-13/h7,12H,4-6,8-10H2,1-3H3/t12-,17-/m1/s1. The zero-order valence-corrected chi connectivity index (χ0v) is 14.7. The molecule has 1 aliphatic carbocycles. The Morgan fingerprint density at radius 1 is 1.43 bits per heavy atom. The summed E-state index contributed by atoms with van der Waals surface area (Å²) in [6.07, 6.45) is 1.12. The molecule has 0 spiro atoms. The maximum atomic E-state index is 13.0. The quantitative estimate of drug-likeness (QED) is 0.851. The minimum Gasteiger partial charge on any atom is -0.485 e. The van der Waals surface area contributed by atoms with E-state index in [2.05, 4.69) is 13.8 Å². The molecule has 2 atom stereocenters. The third-order valence-corrected chi connectivity index (χ3v) is 6.54. The van der Waals surface area contributed by atoms with Crippen LogP contribution >= 0.6 is 11.3 Å². The van der Waals surface area contributed by atoms with E-state index in [0.717, 1.165) is 26.1 Å². The Hall–Kier alpha value is -1.27. The fourth-order valence-corrected chi connectivity index (χ4v) is 5.81. The predicted molar refractivity (Wildman–Crippen MR) is 87.4 cm³/mol. The molecule has 0 bridgehead atoms. The molecule has 1 saturated carbocycles. The van der Waals surface area contributed by atoms with E-state index in [1.54, 1.807) is 7.11 Å². The molecule has 4 rings (SSSR count). The van der Waals surface area contributed by atoms with Gasteiger partial charge in [-0.25, -0.2) is 0 Å². The zero-order valence-electron chi connectivity index (χ0n) is 13.9. The minimum absolute atomic E-state index is 0.0717. The third-order valence-electron chi connectivity index (χ3n) is 5.61. The number of rotatable bonds is 3. The van der Waals surface area contributed by atoms with E-state index in [4.69, 9.17) is 14.2 Å². The van der Waals surface area contributed by atoms with Gasteiger partial charge in [-0.1, -0.05) is 13.8 Å². The lowest BCUT2D eigenvalue weighted by molar-refractivity contribution is -0.107. The number of carbonyl (C=O) groups is 1. The summed E-state index contributed by atoms with van der Waals surface area (Å²) in [6.45, 7) is 7.96. The fraction of sp³-hybridized carbons (Fsp3) is 0.706. The highest BCUT2D eigenvalue weighted by molar-refractivity contribution is 7.12.